The SMILES string of the molecule is Cc1noc(C)c1CSC(C)C(=O)NCc1ccc(F)cc1. The Labute approximate surface area is 133 Å². The topological polar surface area (TPSA) is 55.1 Å². The molecule has 0 aliphatic carbocycles. The van der Waals surface area contributed by atoms with Crippen molar-refractivity contribution in [2.24, 2.45) is 0 Å². The number of carbonyl (C=O) groups excluding carboxylic acids is 1. The molecule has 0 aliphatic rings. The van der Waals surface area contributed by atoms with Gasteiger partial charge in [-0.1, -0.05) is 17.3 Å². The quantitative estimate of drug-likeness (QED) is 0.886. The monoisotopic (exact) mass is 322 g/mol. The smallest absolute Gasteiger partial charge is 0.233 e. The Morgan fingerprint density at radius 2 is 2.05 bits per heavy atom. The number of aryl methyl sites for hydroxylation is 2. The molecule has 22 heavy (non-hydrogen) atoms. The molecule has 6 heteroatoms. The maximum absolute atomic E-state index is 12.8. The maximum Gasteiger partial charge on any atom is 0.233 e. The molecule has 118 valence electrons. The minimum Gasteiger partial charge on any atom is -0.361 e. The number of hydrogen-bond acceptors (Lipinski definition) is 4. The molecule has 0 spiro atoms. The Hall–Kier alpha value is -1.82. The minimum absolute atomic E-state index is 0.0407. The summed E-state index contributed by atoms with van der Waals surface area (Å²) < 4.78 is 17.9. The molecule has 1 unspecified atom stereocenters. The van der Waals surface area contributed by atoms with Crippen LogP contribution in [0.25, 0.3) is 0 Å². The average Bonchev–Trinajstić information content (AvgIpc) is 2.82. The summed E-state index contributed by atoms with van der Waals surface area (Å²) in [5.74, 6) is 1.16. The number of carbonyl (C=O) groups is 1. The van der Waals surface area contributed by atoms with Crippen molar-refractivity contribution < 1.29 is 13.7 Å². The largest absolute Gasteiger partial charge is 0.361 e. The van der Waals surface area contributed by atoms with Crippen LogP contribution in [0.1, 0.15) is 29.5 Å². The Morgan fingerprint density at radius 1 is 1.36 bits per heavy atom. The van der Waals surface area contributed by atoms with Crippen molar-refractivity contribution >= 4 is 17.7 Å². The zero-order valence-corrected chi connectivity index (χ0v) is 13.7. The molecule has 0 bridgehead atoms. The van der Waals surface area contributed by atoms with Gasteiger partial charge in [0.2, 0.25) is 5.91 Å². The number of amides is 1. The second-order valence-corrected chi connectivity index (χ2v) is 6.43. The third-order valence-electron chi connectivity index (χ3n) is 3.41. The number of nitrogens with one attached hydrogen (secondary N) is 1. The van der Waals surface area contributed by atoms with Crippen LogP contribution in [0.2, 0.25) is 0 Å². The summed E-state index contributed by atoms with van der Waals surface area (Å²) in [6.07, 6.45) is 0. The molecule has 0 saturated heterocycles. The summed E-state index contributed by atoms with van der Waals surface area (Å²) in [6.45, 7) is 6.03. The summed E-state index contributed by atoms with van der Waals surface area (Å²) in [4.78, 5) is 12.1. The van der Waals surface area contributed by atoms with Crippen LogP contribution in [-0.2, 0) is 17.1 Å². The fraction of sp³-hybridized carbons (Fsp3) is 0.375. The normalized spacial score (nSPS) is 12.2. The molecule has 2 aromatic rings. The van der Waals surface area contributed by atoms with Crippen molar-refractivity contribution in [3.8, 4) is 0 Å². The van der Waals surface area contributed by atoms with Crippen LogP contribution in [0.4, 0.5) is 4.39 Å². The number of aromatic nitrogens is 1. The molecule has 0 fully saturated rings. The molecular formula is C16H19FN2O2S. The van der Waals surface area contributed by atoms with Gasteiger partial charge >= 0.3 is 0 Å². The molecule has 1 N–H and O–H groups in total. The highest BCUT2D eigenvalue weighted by atomic mass is 32.2. The van der Waals surface area contributed by atoms with Gasteiger partial charge in [0.15, 0.2) is 0 Å². The van der Waals surface area contributed by atoms with Crippen molar-refractivity contribution in [2.75, 3.05) is 0 Å². The van der Waals surface area contributed by atoms with Crippen LogP contribution in [0.15, 0.2) is 28.8 Å². The van der Waals surface area contributed by atoms with E-state index in [4.69, 9.17) is 4.52 Å². The molecule has 0 saturated carbocycles. The lowest BCUT2D eigenvalue weighted by molar-refractivity contribution is -0.120. The van der Waals surface area contributed by atoms with Gasteiger partial charge in [-0.05, 0) is 38.5 Å². The third kappa shape index (κ3) is 4.34. The van der Waals surface area contributed by atoms with Gasteiger partial charge in [0.25, 0.3) is 0 Å². The summed E-state index contributed by atoms with van der Waals surface area (Å²) >= 11 is 1.54. The molecule has 0 aliphatic heterocycles. The van der Waals surface area contributed by atoms with Crippen LogP contribution < -0.4 is 5.32 Å². The lowest BCUT2D eigenvalue weighted by atomic mass is 10.2. The lowest BCUT2D eigenvalue weighted by Gasteiger charge is -2.12. The van der Waals surface area contributed by atoms with E-state index in [0.717, 1.165) is 22.6 Å². The highest BCUT2D eigenvalue weighted by molar-refractivity contribution is 7.99. The number of thioether (sulfide) groups is 1. The van der Waals surface area contributed by atoms with E-state index in [0.29, 0.717) is 12.3 Å². The second kappa shape index (κ2) is 7.45. The number of halogens is 1. The fourth-order valence-electron chi connectivity index (χ4n) is 1.93. The van der Waals surface area contributed by atoms with Crippen LogP contribution in [0.3, 0.4) is 0 Å². The van der Waals surface area contributed by atoms with E-state index in [1.807, 2.05) is 20.8 Å². The minimum atomic E-state index is -0.279. The number of nitrogens with zero attached hydrogens (tertiary/aromatic N) is 1. The van der Waals surface area contributed by atoms with Gasteiger partial charge in [-0.25, -0.2) is 4.39 Å². The molecule has 1 heterocycles. The van der Waals surface area contributed by atoms with E-state index in [1.165, 1.54) is 23.9 Å². The van der Waals surface area contributed by atoms with E-state index < -0.39 is 0 Å². The third-order valence-corrected chi connectivity index (χ3v) is 4.58. The number of rotatable bonds is 6. The van der Waals surface area contributed by atoms with Crippen molar-refractivity contribution in [1.82, 2.24) is 10.5 Å². The maximum atomic E-state index is 12.8. The lowest BCUT2D eigenvalue weighted by Crippen LogP contribution is -2.30. The van der Waals surface area contributed by atoms with Gasteiger partial charge in [-0.2, -0.15) is 0 Å². The molecule has 1 aromatic carbocycles. The van der Waals surface area contributed by atoms with Gasteiger partial charge in [0.05, 0.1) is 10.9 Å². The van der Waals surface area contributed by atoms with Crippen LogP contribution in [0, 0.1) is 19.7 Å². The van der Waals surface area contributed by atoms with Crippen molar-refractivity contribution in [1.29, 1.82) is 0 Å². The summed E-state index contributed by atoms with van der Waals surface area (Å²) in [7, 11) is 0. The highest BCUT2D eigenvalue weighted by Crippen LogP contribution is 2.22. The van der Waals surface area contributed by atoms with Crippen LogP contribution in [-0.4, -0.2) is 16.3 Å². The van der Waals surface area contributed by atoms with E-state index in [-0.39, 0.29) is 17.0 Å². The second-order valence-electron chi connectivity index (χ2n) is 5.10. The molecule has 2 rings (SSSR count). The van der Waals surface area contributed by atoms with E-state index in [1.54, 1.807) is 12.1 Å². The first-order valence-electron chi connectivity index (χ1n) is 7.03. The Balaban J connectivity index is 1.81. The van der Waals surface area contributed by atoms with Gasteiger partial charge in [-0.3, -0.25) is 4.79 Å². The van der Waals surface area contributed by atoms with Gasteiger partial charge in [-0.15, -0.1) is 11.8 Å². The first kappa shape index (κ1) is 16.5. The van der Waals surface area contributed by atoms with Crippen molar-refractivity contribution in [2.45, 2.75) is 38.3 Å². The van der Waals surface area contributed by atoms with Crippen molar-refractivity contribution in [3.63, 3.8) is 0 Å². The Kier molecular flexibility index (Phi) is 5.60. The standard InChI is InChI=1S/C16H19FN2O2S/c1-10-15(11(2)21-19-10)9-22-12(3)16(20)18-8-13-4-6-14(17)7-5-13/h4-7,12H,8-9H2,1-3H3,(H,18,20). The number of benzene rings is 1. The molecule has 4 nitrogen and oxygen atoms in total. The molecule has 1 atom stereocenters. The predicted octanol–water partition coefficient (Wildman–Crippen LogP) is 3.37. The Bertz CT molecular complexity index is 621. The molecular weight excluding hydrogens is 303 g/mol. The zero-order valence-electron chi connectivity index (χ0n) is 12.9. The molecule has 1 aromatic heterocycles. The van der Waals surface area contributed by atoms with E-state index in [9.17, 15) is 9.18 Å². The predicted molar refractivity (Wildman–Crippen MR) is 85.0 cm³/mol. The molecule has 1 amide bonds. The van der Waals surface area contributed by atoms with Crippen LogP contribution in [0.5, 0.6) is 0 Å². The van der Waals surface area contributed by atoms with E-state index >= 15 is 0 Å². The summed E-state index contributed by atoms with van der Waals surface area (Å²) in [6, 6.07) is 6.10. The zero-order chi connectivity index (χ0) is 16.1. The van der Waals surface area contributed by atoms with Gasteiger partial charge in [0, 0.05) is 17.9 Å². The summed E-state index contributed by atoms with van der Waals surface area (Å²) in [5, 5.41) is 6.57. The van der Waals surface area contributed by atoms with E-state index in [2.05, 4.69) is 10.5 Å². The van der Waals surface area contributed by atoms with Crippen LogP contribution >= 0.6 is 11.8 Å². The Morgan fingerprint density at radius 3 is 2.64 bits per heavy atom. The highest BCUT2D eigenvalue weighted by Gasteiger charge is 2.16. The first-order valence-corrected chi connectivity index (χ1v) is 8.07. The molecule has 0 radical (unpaired) electrons. The summed E-state index contributed by atoms with van der Waals surface area (Å²) in [5.41, 5.74) is 2.78. The average molecular weight is 322 g/mol. The first-order chi connectivity index (χ1) is 10.5. The van der Waals surface area contributed by atoms with Crippen molar-refractivity contribution in [3.05, 3.63) is 52.7 Å². The van der Waals surface area contributed by atoms with Gasteiger partial charge in [0.1, 0.15) is 11.6 Å². The number of hydrogen-bond donors (Lipinski definition) is 1. The van der Waals surface area contributed by atoms with Gasteiger partial charge < -0.3 is 9.84 Å². The fourth-order valence-corrected chi connectivity index (χ4v) is 2.99.